The van der Waals surface area contributed by atoms with E-state index in [4.69, 9.17) is 4.74 Å². The van der Waals surface area contributed by atoms with Gasteiger partial charge in [0.05, 0.1) is 18.0 Å². The zero-order valence-corrected chi connectivity index (χ0v) is 11.3. The first kappa shape index (κ1) is 13.2. The Morgan fingerprint density at radius 3 is 2.89 bits per heavy atom. The summed E-state index contributed by atoms with van der Waals surface area (Å²) in [5.74, 6) is 0.869. The van der Waals surface area contributed by atoms with E-state index in [2.05, 4.69) is 17.0 Å². The highest BCUT2D eigenvalue weighted by Gasteiger charge is 2.05. The van der Waals surface area contributed by atoms with Crippen LogP contribution in [0.15, 0.2) is 43.2 Å². The van der Waals surface area contributed by atoms with E-state index in [1.54, 1.807) is 10.9 Å². The molecule has 100 valence electrons. The molecule has 0 bridgehead atoms. The molecule has 0 amide bonds. The minimum Gasteiger partial charge on any atom is -0.489 e. The van der Waals surface area contributed by atoms with Gasteiger partial charge in [0, 0.05) is 24.5 Å². The Hall–Kier alpha value is -2.23. The van der Waals surface area contributed by atoms with Crippen molar-refractivity contribution in [2.24, 2.45) is 0 Å². The molecule has 0 saturated heterocycles. The lowest BCUT2D eigenvalue weighted by molar-refractivity contribution is 0.243. The monoisotopic (exact) mass is 257 g/mol. The Labute approximate surface area is 113 Å². The van der Waals surface area contributed by atoms with E-state index in [9.17, 15) is 0 Å². The largest absolute Gasteiger partial charge is 0.489 e. The quantitative estimate of drug-likeness (QED) is 0.862. The molecule has 4 heteroatoms. The number of hydrogen-bond donors (Lipinski definition) is 1. The Balaban J connectivity index is 2.04. The molecular weight excluding hydrogens is 238 g/mol. The van der Waals surface area contributed by atoms with E-state index in [0.29, 0.717) is 6.54 Å². The Morgan fingerprint density at radius 1 is 1.42 bits per heavy atom. The van der Waals surface area contributed by atoms with Crippen LogP contribution in [0.5, 0.6) is 5.75 Å². The van der Waals surface area contributed by atoms with Crippen molar-refractivity contribution in [3.05, 3.63) is 48.8 Å². The van der Waals surface area contributed by atoms with Crippen LogP contribution in [0, 0.1) is 0 Å². The first-order valence-electron chi connectivity index (χ1n) is 6.34. The summed E-state index contributed by atoms with van der Waals surface area (Å²) in [6.45, 7) is 8.41. The summed E-state index contributed by atoms with van der Waals surface area (Å²) < 4.78 is 7.45. The van der Waals surface area contributed by atoms with E-state index in [-0.39, 0.29) is 6.10 Å². The van der Waals surface area contributed by atoms with Crippen molar-refractivity contribution in [3.8, 4) is 5.75 Å². The van der Waals surface area contributed by atoms with Gasteiger partial charge in [0.1, 0.15) is 5.75 Å². The van der Waals surface area contributed by atoms with Crippen LogP contribution in [0.4, 0.5) is 5.69 Å². The summed E-state index contributed by atoms with van der Waals surface area (Å²) in [5, 5.41) is 7.50. The number of para-hydroxylation sites is 2. The van der Waals surface area contributed by atoms with Crippen molar-refractivity contribution in [2.45, 2.75) is 26.5 Å². The molecule has 0 spiro atoms. The average molecular weight is 257 g/mol. The fourth-order valence-electron chi connectivity index (χ4n) is 1.74. The fraction of sp³-hybridized carbons (Fsp3) is 0.267. The molecular formula is C15H19N3O. The van der Waals surface area contributed by atoms with Crippen molar-refractivity contribution in [1.29, 1.82) is 0 Å². The highest BCUT2D eigenvalue weighted by Crippen LogP contribution is 2.25. The van der Waals surface area contributed by atoms with Crippen LogP contribution < -0.4 is 10.1 Å². The standard InChI is InChI=1S/C15H19N3O/c1-4-18-11-13(10-17-18)9-16-14-7-5-6-8-15(14)19-12(2)3/h4-8,10-12,16H,1,9H2,2-3H3. The summed E-state index contributed by atoms with van der Waals surface area (Å²) in [6, 6.07) is 7.94. The predicted molar refractivity (Wildman–Crippen MR) is 78.1 cm³/mol. The Bertz CT molecular complexity index is 546. The number of rotatable bonds is 6. The predicted octanol–water partition coefficient (Wildman–Crippen LogP) is 3.38. The maximum absolute atomic E-state index is 5.76. The number of hydrogen-bond acceptors (Lipinski definition) is 3. The second-order valence-corrected chi connectivity index (χ2v) is 4.53. The molecule has 0 aliphatic rings. The summed E-state index contributed by atoms with van der Waals surface area (Å²) >= 11 is 0. The second-order valence-electron chi connectivity index (χ2n) is 4.53. The van der Waals surface area contributed by atoms with Crippen molar-refractivity contribution < 1.29 is 4.74 Å². The van der Waals surface area contributed by atoms with Gasteiger partial charge in [-0.15, -0.1) is 0 Å². The Morgan fingerprint density at radius 2 is 2.21 bits per heavy atom. The molecule has 0 unspecified atom stereocenters. The maximum atomic E-state index is 5.76. The average Bonchev–Trinajstić information content (AvgIpc) is 2.85. The van der Waals surface area contributed by atoms with Gasteiger partial charge in [-0.05, 0) is 26.0 Å². The third kappa shape index (κ3) is 3.61. The van der Waals surface area contributed by atoms with E-state index in [0.717, 1.165) is 17.0 Å². The molecule has 2 rings (SSSR count). The minimum absolute atomic E-state index is 0.159. The van der Waals surface area contributed by atoms with Crippen molar-refractivity contribution in [3.63, 3.8) is 0 Å². The molecule has 1 N–H and O–H groups in total. The normalized spacial score (nSPS) is 10.5. The topological polar surface area (TPSA) is 39.1 Å². The van der Waals surface area contributed by atoms with E-state index >= 15 is 0 Å². The second kappa shape index (κ2) is 6.09. The molecule has 2 aromatic rings. The molecule has 1 aromatic carbocycles. The van der Waals surface area contributed by atoms with Crippen molar-refractivity contribution in [2.75, 3.05) is 5.32 Å². The van der Waals surface area contributed by atoms with Crippen LogP contribution in [0.2, 0.25) is 0 Å². The summed E-state index contributed by atoms with van der Waals surface area (Å²) in [5.41, 5.74) is 2.09. The van der Waals surface area contributed by atoms with Gasteiger partial charge in [-0.1, -0.05) is 18.7 Å². The van der Waals surface area contributed by atoms with E-state index in [1.807, 2.05) is 50.5 Å². The summed E-state index contributed by atoms with van der Waals surface area (Å²) in [7, 11) is 0. The molecule has 1 aromatic heterocycles. The molecule has 0 atom stereocenters. The number of aromatic nitrogens is 2. The highest BCUT2D eigenvalue weighted by atomic mass is 16.5. The third-order valence-electron chi connectivity index (χ3n) is 2.57. The molecule has 0 aliphatic heterocycles. The lowest BCUT2D eigenvalue weighted by Gasteiger charge is -2.15. The maximum Gasteiger partial charge on any atom is 0.142 e. The number of nitrogens with zero attached hydrogens (tertiary/aromatic N) is 2. The lowest BCUT2D eigenvalue weighted by Crippen LogP contribution is -2.08. The van der Waals surface area contributed by atoms with Crippen LogP contribution in [-0.4, -0.2) is 15.9 Å². The minimum atomic E-state index is 0.159. The van der Waals surface area contributed by atoms with Crippen molar-refractivity contribution in [1.82, 2.24) is 9.78 Å². The molecule has 4 nitrogen and oxygen atoms in total. The van der Waals surface area contributed by atoms with Gasteiger partial charge in [0.15, 0.2) is 0 Å². The SMILES string of the molecule is C=Cn1cc(CNc2ccccc2OC(C)C)cn1. The van der Waals surface area contributed by atoms with Crippen LogP contribution in [0.25, 0.3) is 6.20 Å². The number of nitrogens with one attached hydrogen (secondary N) is 1. The number of ether oxygens (including phenoxy) is 1. The van der Waals surface area contributed by atoms with Crippen LogP contribution >= 0.6 is 0 Å². The van der Waals surface area contributed by atoms with E-state index < -0.39 is 0 Å². The highest BCUT2D eigenvalue weighted by molar-refractivity contribution is 5.56. The fourth-order valence-corrected chi connectivity index (χ4v) is 1.74. The first-order chi connectivity index (χ1) is 9.19. The molecule has 0 saturated carbocycles. The van der Waals surface area contributed by atoms with E-state index in [1.165, 1.54) is 0 Å². The summed E-state index contributed by atoms with van der Waals surface area (Å²) in [4.78, 5) is 0. The van der Waals surface area contributed by atoms with Crippen LogP contribution in [0.1, 0.15) is 19.4 Å². The zero-order valence-electron chi connectivity index (χ0n) is 11.3. The molecule has 19 heavy (non-hydrogen) atoms. The summed E-state index contributed by atoms with van der Waals surface area (Å²) in [6.07, 6.45) is 5.58. The van der Waals surface area contributed by atoms with Gasteiger partial charge >= 0.3 is 0 Å². The van der Waals surface area contributed by atoms with Gasteiger partial charge in [0.2, 0.25) is 0 Å². The van der Waals surface area contributed by atoms with Crippen LogP contribution in [-0.2, 0) is 6.54 Å². The number of benzene rings is 1. The van der Waals surface area contributed by atoms with Gasteiger partial charge in [-0.3, -0.25) is 0 Å². The van der Waals surface area contributed by atoms with Gasteiger partial charge < -0.3 is 10.1 Å². The van der Waals surface area contributed by atoms with Crippen molar-refractivity contribution >= 4 is 11.9 Å². The Kier molecular flexibility index (Phi) is 4.23. The van der Waals surface area contributed by atoms with Gasteiger partial charge in [-0.25, -0.2) is 4.68 Å². The van der Waals surface area contributed by atoms with Gasteiger partial charge in [-0.2, -0.15) is 5.10 Å². The zero-order chi connectivity index (χ0) is 13.7. The number of anilines is 1. The third-order valence-corrected chi connectivity index (χ3v) is 2.57. The molecule has 0 aliphatic carbocycles. The van der Waals surface area contributed by atoms with Crippen LogP contribution in [0.3, 0.4) is 0 Å². The molecule has 0 radical (unpaired) electrons. The molecule has 0 fully saturated rings. The molecule has 1 heterocycles. The first-order valence-corrected chi connectivity index (χ1v) is 6.34. The smallest absolute Gasteiger partial charge is 0.142 e. The van der Waals surface area contributed by atoms with Gasteiger partial charge in [0.25, 0.3) is 0 Å². The lowest BCUT2D eigenvalue weighted by atomic mass is 10.2.